The van der Waals surface area contributed by atoms with Gasteiger partial charge < -0.3 is 10.2 Å². The molecule has 0 aliphatic carbocycles. The first-order valence-corrected chi connectivity index (χ1v) is 5.91. The minimum Gasteiger partial charge on any atom is -0.465 e. The Morgan fingerprint density at radius 2 is 2.05 bits per heavy atom. The Morgan fingerprint density at radius 3 is 2.74 bits per heavy atom. The number of rotatable bonds is 3. The first kappa shape index (κ1) is 14.7. The molecule has 0 unspecified atom stereocenters. The second kappa shape index (κ2) is 7.16. The van der Waals surface area contributed by atoms with Gasteiger partial charge in [0.2, 0.25) is 0 Å². The molecule has 1 heterocycles. The standard InChI is InChI=1S/C15H18N2O2/c1-11-9-14(16)5-4-8-19-15(10-11)12(2)6-7-13(3)17-18/h4-10H,16H2,1-3H3/b8-4?,11-9?,12-6+,13-7+,14-5?,15-10?. The minimum atomic E-state index is 0.414. The predicted molar refractivity (Wildman–Crippen MR) is 78.7 cm³/mol. The summed E-state index contributed by atoms with van der Waals surface area (Å²) < 4.78 is 5.54. The van der Waals surface area contributed by atoms with Crippen LogP contribution in [0.25, 0.3) is 5.57 Å². The van der Waals surface area contributed by atoms with Crippen LogP contribution >= 0.6 is 0 Å². The van der Waals surface area contributed by atoms with Crippen LogP contribution in [0.4, 0.5) is 5.69 Å². The minimum absolute atomic E-state index is 0.414. The van der Waals surface area contributed by atoms with Crippen molar-refractivity contribution >= 4 is 11.3 Å². The average Bonchev–Trinajstić information content (AvgIpc) is 2.45. The monoisotopic (exact) mass is 258 g/mol. The summed E-state index contributed by atoms with van der Waals surface area (Å²) in [5.41, 5.74) is 8.73. The van der Waals surface area contributed by atoms with Crippen LogP contribution in [0.5, 0.6) is 0 Å². The van der Waals surface area contributed by atoms with Crippen molar-refractivity contribution in [2.45, 2.75) is 20.8 Å². The molecule has 0 aliphatic rings. The second-order valence-corrected chi connectivity index (χ2v) is 4.26. The second-order valence-electron chi connectivity index (χ2n) is 4.26. The Balaban J connectivity index is 3.28. The van der Waals surface area contributed by atoms with Gasteiger partial charge in [-0.25, -0.2) is 0 Å². The van der Waals surface area contributed by atoms with Crippen LogP contribution in [0.2, 0.25) is 0 Å². The van der Waals surface area contributed by atoms with Crippen LogP contribution in [0.3, 0.4) is 0 Å². The van der Waals surface area contributed by atoms with Crippen LogP contribution in [-0.2, 0) is 0 Å². The number of anilines is 1. The predicted octanol–water partition coefficient (Wildman–Crippen LogP) is 4.37. The highest BCUT2D eigenvalue weighted by Gasteiger charge is 1.96. The van der Waals surface area contributed by atoms with E-state index in [9.17, 15) is 4.91 Å². The number of hydrogen-bond donors (Lipinski definition) is 1. The van der Waals surface area contributed by atoms with Crippen LogP contribution < -0.4 is 5.73 Å². The van der Waals surface area contributed by atoms with Gasteiger partial charge in [0.15, 0.2) is 0 Å². The van der Waals surface area contributed by atoms with Gasteiger partial charge in [0.25, 0.3) is 0 Å². The molecule has 19 heavy (non-hydrogen) atoms. The number of aryl methyl sites for hydroxylation is 1. The fraction of sp³-hybridized carbons (Fsp3) is 0.200. The van der Waals surface area contributed by atoms with Gasteiger partial charge in [0.05, 0.1) is 12.0 Å². The molecule has 2 N–H and O–H groups in total. The summed E-state index contributed by atoms with van der Waals surface area (Å²) in [4.78, 5) is 10.3. The van der Waals surface area contributed by atoms with Gasteiger partial charge in [-0.1, -0.05) is 6.08 Å². The Hall–Kier alpha value is -2.36. The number of nitrogens with two attached hydrogens (primary N) is 1. The van der Waals surface area contributed by atoms with Crippen molar-refractivity contribution in [2.75, 3.05) is 5.73 Å². The number of nitrogens with zero attached hydrogens (tertiary/aromatic N) is 1. The maximum absolute atomic E-state index is 10.3. The fourth-order valence-corrected chi connectivity index (χ4v) is 1.42. The first-order chi connectivity index (χ1) is 9.02. The molecule has 4 nitrogen and oxygen atoms in total. The van der Waals surface area contributed by atoms with Crippen LogP contribution in [0.1, 0.15) is 25.2 Å². The van der Waals surface area contributed by atoms with E-state index in [0.29, 0.717) is 17.1 Å². The Labute approximate surface area is 112 Å². The summed E-state index contributed by atoms with van der Waals surface area (Å²) >= 11 is 0. The van der Waals surface area contributed by atoms with E-state index in [-0.39, 0.29) is 0 Å². The van der Waals surface area contributed by atoms with Crippen molar-refractivity contribution in [3.63, 3.8) is 0 Å². The van der Waals surface area contributed by atoms with Crippen LogP contribution in [-0.4, -0.2) is 0 Å². The summed E-state index contributed by atoms with van der Waals surface area (Å²) in [6, 6.07) is 7.25. The van der Waals surface area contributed by atoms with Crippen molar-refractivity contribution in [1.29, 1.82) is 0 Å². The highest BCUT2D eigenvalue weighted by molar-refractivity contribution is 5.61. The fourth-order valence-electron chi connectivity index (χ4n) is 1.42. The molecular weight excluding hydrogens is 240 g/mol. The lowest BCUT2D eigenvalue weighted by molar-refractivity contribution is 0.539. The molecule has 100 valence electrons. The van der Waals surface area contributed by atoms with E-state index in [2.05, 4.69) is 5.18 Å². The van der Waals surface area contributed by atoms with Crippen LogP contribution in [0, 0.1) is 11.8 Å². The summed E-state index contributed by atoms with van der Waals surface area (Å²) in [5, 5.41) is 2.83. The molecule has 0 amide bonds. The zero-order valence-electron chi connectivity index (χ0n) is 11.4. The van der Waals surface area contributed by atoms with Crippen molar-refractivity contribution in [1.82, 2.24) is 0 Å². The SMILES string of the molecule is C/C(=C\C=C(/C)c1cc(C)cc(N)ccco1)N=O. The Kier molecular flexibility index (Phi) is 5.54. The number of hydrogen-bond acceptors (Lipinski definition) is 4. The number of nitrogen functional groups attached to an aromatic ring is 1. The zero-order chi connectivity index (χ0) is 14.3. The molecule has 0 aliphatic heterocycles. The van der Waals surface area contributed by atoms with Gasteiger partial charge in [-0.15, -0.1) is 4.91 Å². The molecule has 0 saturated carbocycles. The molecular formula is C15H18N2O2. The summed E-state index contributed by atoms with van der Waals surface area (Å²) in [5.74, 6) is 0.697. The van der Waals surface area contributed by atoms with Gasteiger partial charge in [0, 0.05) is 5.69 Å². The van der Waals surface area contributed by atoms with Gasteiger partial charge >= 0.3 is 0 Å². The molecule has 0 bridgehead atoms. The number of nitroso groups, excluding NO2 is 1. The van der Waals surface area contributed by atoms with E-state index >= 15 is 0 Å². The van der Waals surface area contributed by atoms with Crippen molar-refractivity contribution in [3.8, 4) is 0 Å². The highest BCUT2D eigenvalue weighted by atomic mass is 16.3. The van der Waals surface area contributed by atoms with E-state index in [1.54, 1.807) is 37.5 Å². The molecule has 0 aromatic carbocycles. The van der Waals surface area contributed by atoms with E-state index in [1.807, 2.05) is 26.0 Å². The largest absolute Gasteiger partial charge is 0.465 e. The quantitative estimate of drug-likeness (QED) is 0.646. The third-order valence-corrected chi connectivity index (χ3v) is 2.42. The maximum atomic E-state index is 10.3. The third kappa shape index (κ3) is 5.21. The smallest absolute Gasteiger partial charge is 0.129 e. The summed E-state index contributed by atoms with van der Waals surface area (Å²) in [6.45, 7) is 5.48. The lowest BCUT2D eigenvalue weighted by Crippen LogP contribution is -1.81. The number of allylic oxidation sites excluding steroid dienone is 4. The van der Waals surface area contributed by atoms with E-state index < -0.39 is 0 Å². The molecule has 0 fully saturated rings. The molecule has 0 radical (unpaired) electrons. The lowest BCUT2D eigenvalue weighted by Gasteiger charge is -1.97. The molecule has 1 aromatic rings. The third-order valence-electron chi connectivity index (χ3n) is 2.42. The lowest BCUT2D eigenvalue weighted by atomic mass is 10.1. The summed E-state index contributed by atoms with van der Waals surface area (Å²) in [7, 11) is 0. The van der Waals surface area contributed by atoms with E-state index in [4.69, 9.17) is 10.2 Å². The van der Waals surface area contributed by atoms with Crippen molar-refractivity contribution in [2.24, 2.45) is 5.18 Å². The first-order valence-electron chi connectivity index (χ1n) is 5.91. The van der Waals surface area contributed by atoms with Crippen LogP contribution in [0.15, 0.2) is 58.0 Å². The van der Waals surface area contributed by atoms with Gasteiger partial charge in [-0.3, -0.25) is 0 Å². The topological polar surface area (TPSA) is 68.6 Å². The Bertz CT molecular complexity index is 567. The maximum Gasteiger partial charge on any atom is 0.129 e. The molecule has 1 aromatic heterocycles. The molecule has 1 rings (SSSR count). The Morgan fingerprint density at radius 1 is 1.32 bits per heavy atom. The van der Waals surface area contributed by atoms with E-state index in [0.717, 1.165) is 11.1 Å². The van der Waals surface area contributed by atoms with Gasteiger partial charge in [-0.2, -0.15) is 0 Å². The highest BCUT2D eigenvalue weighted by Crippen LogP contribution is 2.15. The van der Waals surface area contributed by atoms with Gasteiger partial charge in [-0.05, 0) is 67.4 Å². The molecule has 0 spiro atoms. The van der Waals surface area contributed by atoms with Crippen molar-refractivity contribution < 1.29 is 4.42 Å². The van der Waals surface area contributed by atoms with E-state index in [1.165, 1.54) is 0 Å². The van der Waals surface area contributed by atoms with Crippen molar-refractivity contribution in [3.05, 3.63) is 64.6 Å². The zero-order valence-corrected chi connectivity index (χ0v) is 11.4. The average molecular weight is 258 g/mol. The molecule has 4 heteroatoms. The molecule has 0 saturated heterocycles. The summed E-state index contributed by atoms with van der Waals surface area (Å²) in [6.07, 6.45) is 5.00. The normalized spacial score (nSPS) is 11.9. The van der Waals surface area contributed by atoms with Gasteiger partial charge in [0.1, 0.15) is 5.76 Å². The molecule has 0 atom stereocenters.